The molecule has 3 rings (SSSR count). The summed E-state index contributed by atoms with van der Waals surface area (Å²) in [5, 5.41) is 4.45. The number of benzene rings is 2. The topological polar surface area (TPSA) is 83.0 Å². The summed E-state index contributed by atoms with van der Waals surface area (Å²) in [5.74, 6) is 0.558. The first-order valence-corrected chi connectivity index (χ1v) is 9.70. The van der Waals surface area contributed by atoms with Gasteiger partial charge in [0, 0.05) is 12.0 Å². The van der Waals surface area contributed by atoms with Crippen molar-refractivity contribution in [3.05, 3.63) is 60.2 Å². The average Bonchev–Trinajstić information content (AvgIpc) is 3.06. The Morgan fingerprint density at radius 1 is 1.07 bits per heavy atom. The Labute approximate surface area is 172 Å². The van der Waals surface area contributed by atoms with Crippen molar-refractivity contribution < 1.29 is 9.53 Å². The molecular weight excluding hydrogens is 364 g/mol. The van der Waals surface area contributed by atoms with Crippen LogP contribution < -0.4 is 10.5 Å². The molecule has 154 valence electrons. The van der Waals surface area contributed by atoms with Gasteiger partial charge >= 0.3 is 6.01 Å². The molecule has 0 atom stereocenters. The van der Waals surface area contributed by atoms with Crippen molar-refractivity contribution in [3.63, 3.8) is 0 Å². The number of para-hydroxylation sites is 1. The van der Waals surface area contributed by atoms with Crippen LogP contribution in [-0.4, -0.2) is 27.3 Å². The van der Waals surface area contributed by atoms with Gasteiger partial charge in [-0.3, -0.25) is 4.79 Å². The number of aromatic nitrogens is 3. The van der Waals surface area contributed by atoms with E-state index < -0.39 is 0 Å². The van der Waals surface area contributed by atoms with Gasteiger partial charge in [-0.2, -0.15) is 4.98 Å². The van der Waals surface area contributed by atoms with Crippen LogP contribution in [0.2, 0.25) is 0 Å². The highest BCUT2D eigenvalue weighted by Gasteiger charge is 2.14. The maximum Gasteiger partial charge on any atom is 0.336 e. The predicted octanol–water partition coefficient (Wildman–Crippen LogP) is 4.55. The number of nitrogens with two attached hydrogens (primary N) is 1. The van der Waals surface area contributed by atoms with Crippen LogP contribution in [0.25, 0.3) is 17.1 Å². The van der Waals surface area contributed by atoms with Crippen LogP contribution in [0, 0.1) is 12.3 Å². The number of carbonyl (C=O) groups excluding carboxylic acids is 1. The first-order valence-electron chi connectivity index (χ1n) is 9.70. The van der Waals surface area contributed by atoms with Crippen LogP contribution in [0.5, 0.6) is 6.01 Å². The minimum Gasteiger partial charge on any atom is -0.463 e. The Bertz CT molecular complexity index is 910. The lowest BCUT2D eigenvalue weighted by Gasteiger charge is -2.13. The molecule has 0 saturated heterocycles. The van der Waals surface area contributed by atoms with Gasteiger partial charge in [-0.25, -0.2) is 4.68 Å². The lowest BCUT2D eigenvalue weighted by molar-refractivity contribution is -0.119. The average molecular weight is 395 g/mol. The standard InChI is InChI=1S/C17H17N3O.C6H13NO/c1-3-21-17-18-16(14-11-9-13(2)10-12-14)20(19-17)15-7-5-4-6-8-15;1-6(2,3)4-5(7)8/h4-12H,3H2,1-2H3;4H2,1-3H3,(H2,7,8). The summed E-state index contributed by atoms with van der Waals surface area (Å²) in [4.78, 5) is 14.7. The zero-order chi connectivity index (χ0) is 21.4. The molecule has 1 amide bonds. The van der Waals surface area contributed by atoms with E-state index in [1.165, 1.54) is 5.56 Å². The Morgan fingerprint density at radius 2 is 1.69 bits per heavy atom. The lowest BCUT2D eigenvalue weighted by atomic mass is 9.92. The van der Waals surface area contributed by atoms with Gasteiger partial charge in [0.25, 0.3) is 0 Å². The number of rotatable bonds is 5. The summed E-state index contributed by atoms with van der Waals surface area (Å²) in [5.41, 5.74) is 8.19. The zero-order valence-electron chi connectivity index (χ0n) is 17.8. The Balaban J connectivity index is 0.000000321. The second kappa shape index (κ2) is 9.87. The number of carbonyl (C=O) groups is 1. The SMILES string of the molecule is CC(C)(C)CC(N)=O.CCOc1nc(-c2ccc(C)cc2)n(-c2ccccc2)n1. The Morgan fingerprint density at radius 3 is 2.17 bits per heavy atom. The van der Waals surface area contributed by atoms with E-state index in [0.717, 1.165) is 17.1 Å². The molecule has 3 aromatic rings. The van der Waals surface area contributed by atoms with E-state index in [1.54, 1.807) is 0 Å². The third-order valence-electron chi connectivity index (χ3n) is 3.88. The zero-order valence-corrected chi connectivity index (χ0v) is 17.8. The van der Waals surface area contributed by atoms with Gasteiger partial charge in [0.1, 0.15) is 0 Å². The lowest BCUT2D eigenvalue weighted by Crippen LogP contribution is -2.19. The molecule has 0 radical (unpaired) electrons. The second-order valence-corrected chi connectivity index (χ2v) is 7.97. The molecule has 0 saturated carbocycles. The smallest absolute Gasteiger partial charge is 0.336 e. The summed E-state index contributed by atoms with van der Waals surface area (Å²) < 4.78 is 7.27. The highest BCUT2D eigenvalue weighted by molar-refractivity contribution is 5.74. The summed E-state index contributed by atoms with van der Waals surface area (Å²) in [6, 6.07) is 18.6. The molecule has 0 unspecified atom stereocenters. The molecule has 0 aliphatic heterocycles. The number of ether oxygens (including phenoxy) is 1. The minimum atomic E-state index is -0.225. The fraction of sp³-hybridized carbons (Fsp3) is 0.348. The van der Waals surface area contributed by atoms with Crippen LogP contribution in [0.1, 0.15) is 39.7 Å². The highest BCUT2D eigenvalue weighted by Crippen LogP contribution is 2.23. The van der Waals surface area contributed by atoms with E-state index in [2.05, 4.69) is 41.3 Å². The maximum atomic E-state index is 10.2. The normalized spacial score (nSPS) is 10.8. The Hall–Kier alpha value is -3.15. The summed E-state index contributed by atoms with van der Waals surface area (Å²) in [6.07, 6.45) is 0.465. The quantitative estimate of drug-likeness (QED) is 0.688. The van der Waals surface area contributed by atoms with Crippen LogP contribution in [0.3, 0.4) is 0 Å². The van der Waals surface area contributed by atoms with Gasteiger partial charge in [-0.05, 0) is 31.4 Å². The molecule has 0 fully saturated rings. The summed E-state index contributed by atoms with van der Waals surface area (Å²) >= 11 is 0. The Kier molecular flexibility index (Phi) is 7.53. The molecule has 6 nitrogen and oxygen atoms in total. The molecule has 0 aliphatic rings. The number of aryl methyl sites for hydroxylation is 1. The number of nitrogens with zero attached hydrogens (tertiary/aromatic N) is 3. The summed E-state index contributed by atoms with van der Waals surface area (Å²) in [6.45, 7) is 10.5. The fourth-order valence-electron chi connectivity index (χ4n) is 2.64. The molecule has 2 aromatic carbocycles. The van der Waals surface area contributed by atoms with Crippen molar-refractivity contribution >= 4 is 5.91 Å². The van der Waals surface area contributed by atoms with Gasteiger partial charge in [-0.15, -0.1) is 5.10 Å². The number of primary amides is 1. The molecule has 1 heterocycles. The molecular formula is C23H30N4O2. The van der Waals surface area contributed by atoms with Crippen LogP contribution >= 0.6 is 0 Å². The maximum absolute atomic E-state index is 10.2. The van der Waals surface area contributed by atoms with Crippen molar-refractivity contribution in [1.29, 1.82) is 0 Å². The molecule has 29 heavy (non-hydrogen) atoms. The molecule has 0 bridgehead atoms. The number of hydrogen-bond acceptors (Lipinski definition) is 4. The van der Waals surface area contributed by atoms with Gasteiger partial charge in [-0.1, -0.05) is 68.8 Å². The fourth-order valence-corrected chi connectivity index (χ4v) is 2.64. The van der Waals surface area contributed by atoms with Gasteiger partial charge in [0.05, 0.1) is 12.3 Å². The molecule has 2 N–H and O–H groups in total. The first-order chi connectivity index (χ1) is 13.7. The van der Waals surface area contributed by atoms with E-state index in [0.29, 0.717) is 19.0 Å². The van der Waals surface area contributed by atoms with Crippen LogP contribution in [0.15, 0.2) is 54.6 Å². The van der Waals surface area contributed by atoms with Crippen LogP contribution in [-0.2, 0) is 4.79 Å². The minimum absolute atomic E-state index is 0.0475. The van der Waals surface area contributed by atoms with E-state index in [-0.39, 0.29) is 11.3 Å². The van der Waals surface area contributed by atoms with Crippen molar-refractivity contribution in [1.82, 2.24) is 14.8 Å². The predicted molar refractivity (Wildman–Crippen MR) is 116 cm³/mol. The van der Waals surface area contributed by atoms with Crippen LogP contribution in [0.4, 0.5) is 0 Å². The highest BCUT2D eigenvalue weighted by atomic mass is 16.5. The van der Waals surface area contributed by atoms with Crippen molar-refractivity contribution in [2.75, 3.05) is 6.61 Å². The van der Waals surface area contributed by atoms with Gasteiger partial charge in [0.15, 0.2) is 5.82 Å². The molecule has 0 spiro atoms. The number of amides is 1. The molecule has 1 aromatic heterocycles. The third-order valence-corrected chi connectivity index (χ3v) is 3.88. The largest absolute Gasteiger partial charge is 0.463 e. The molecule has 6 heteroatoms. The van der Waals surface area contributed by atoms with Gasteiger partial charge < -0.3 is 10.5 Å². The number of hydrogen-bond donors (Lipinski definition) is 1. The monoisotopic (exact) mass is 394 g/mol. The van der Waals surface area contributed by atoms with E-state index in [9.17, 15) is 4.79 Å². The van der Waals surface area contributed by atoms with E-state index in [4.69, 9.17) is 10.5 Å². The third kappa shape index (κ3) is 7.07. The molecule has 0 aliphatic carbocycles. The van der Waals surface area contributed by atoms with Gasteiger partial charge in [0.2, 0.25) is 5.91 Å². The van der Waals surface area contributed by atoms with E-state index in [1.807, 2.05) is 62.7 Å². The van der Waals surface area contributed by atoms with Crippen molar-refractivity contribution in [3.8, 4) is 23.1 Å². The van der Waals surface area contributed by atoms with E-state index >= 15 is 0 Å². The first kappa shape index (κ1) is 22.1. The van der Waals surface area contributed by atoms with Crippen molar-refractivity contribution in [2.45, 2.75) is 41.0 Å². The second-order valence-electron chi connectivity index (χ2n) is 7.97. The summed E-state index contributed by atoms with van der Waals surface area (Å²) in [7, 11) is 0. The van der Waals surface area contributed by atoms with Crippen molar-refractivity contribution in [2.24, 2.45) is 11.1 Å².